The second-order valence-corrected chi connectivity index (χ2v) is 12.0. The smallest absolute Gasteiger partial charge is 0.0266 e. The van der Waals surface area contributed by atoms with Gasteiger partial charge in [-0.2, -0.15) is 53.8 Å². The molecule has 0 fully saturated rings. The molecule has 0 spiro atoms. The van der Waals surface area contributed by atoms with Crippen LogP contribution in [0, 0.1) is 45.0 Å². The Kier molecular flexibility index (Phi) is 11.6. The summed E-state index contributed by atoms with van der Waals surface area (Å²) in [6.45, 7) is 6.09. The predicted octanol–water partition coefficient (Wildman–Crippen LogP) is 11.3. The number of aryl methyl sites for hydroxylation is 3. The van der Waals surface area contributed by atoms with Crippen molar-refractivity contribution in [2.75, 3.05) is 0 Å². The van der Waals surface area contributed by atoms with Crippen molar-refractivity contribution >= 4 is 31.5 Å². The van der Waals surface area contributed by atoms with Crippen LogP contribution in [0.25, 0.3) is 53.8 Å². The van der Waals surface area contributed by atoms with Gasteiger partial charge in [0.05, 0.1) is 0 Å². The maximum Gasteiger partial charge on any atom is 0.0266 e. The van der Waals surface area contributed by atoms with Gasteiger partial charge in [0, 0.05) is 36.7 Å². The van der Waals surface area contributed by atoms with Gasteiger partial charge in [-0.25, -0.2) is 11.1 Å². The first-order valence-electron chi connectivity index (χ1n) is 15.2. The van der Waals surface area contributed by atoms with Gasteiger partial charge in [0.1, 0.15) is 0 Å². The first-order valence-corrected chi connectivity index (χ1v) is 16.0. The van der Waals surface area contributed by atoms with Crippen molar-refractivity contribution in [2.45, 2.75) is 20.8 Å². The normalized spacial score (nSPS) is 10.3. The van der Waals surface area contributed by atoms with Crippen molar-refractivity contribution in [1.82, 2.24) is 9.97 Å². The van der Waals surface area contributed by atoms with E-state index in [1.54, 1.807) is 0 Å². The van der Waals surface area contributed by atoms with Gasteiger partial charge in [-0.1, -0.05) is 54.8 Å². The van der Waals surface area contributed by atoms with E-state index in [2.05, 4.69) is 95.8 Å². The van der Waals surface area contributed by atoms with E-state index in [0.717, 1.165) is 44.9 Å². The van der Waals surface area contributed by atoms with E-state index in [-0.39, 0.29) is 20.1 Å². The molecule has 5 aromatic carbocycles. The molecule has 0 aliphatic carbocycles. The number of thiophene rings is 1. The zero-order valence-corrected chi connectivity index (χ0v) is 29.6. The van der Waals surface area contributed by atoms with Crippen molar-refractivity contribution < 1.29 is 20.1 Å². The molecular formula is C43H32IrN2S-4. The molecule has 0 atom stereocenters. The topological polar surface area (TPSA) is 25.8 Å². The van der Waals surface area contributed by atoms with Crippen molar-refractivity contribution in [3.8, 4) is 33.6 Å². The number of hydrogen-bond acceptors (Lipinski definition) is 3. The minimum Gasteiger partial charge on any atom is -0.304 e. The monoisotopic (exact) mass is 801 g/mol. The SMILES string of the molecule is Cc1[c-]c(-c2[c-]cccc2)ccc1.Cc1ccc(-c2[c-]cc3sc4ccccc4c3c2)nc1.Cc1cccc(-c2[c-]cccc2)n1.[Ir]. The molecule has 0 N–H and O–H groups in total. The molecule has 8 rings (SSSR count). The van der Waals surface area contributed by atoms with Crippen LogP contribution in [-0.4, -0.2) is 9.97 Å². The minimum absolute atomic E-state index is 0. The fraction of sp³-hybridized carbons (Fsp3) is 0.0698. The molecule has 0 saturated heterocycles. The summed E-state index contributed by atoms with van der Waals surface area (Å²) < 4.78 is 2.60. The molecule has 8 aromatic rings. The molecular weight excluding hydrogens is 769 g/mol. The van der Waals surface area contributed by atoms with Crippen LogP contribution in [0.1, 0.15) is 16.8 Å². The molecule has 0 saturated carbocycles. The molecule has 0 aliphatic heterocycles. The second-order valence-electron chi connectivity index (χ2n) is 10.9. The Morgan fingerprint density at radius 1 is 0.553 bits per heavy atom. The van der Waals surface area contributed by atoms with Crippen molar-refractivity contribution in [1.29, 1.82) is 0 Å². The molecule has 3 heterocycles. The number of aromatic nitrogens is 2. The third-order valence-electron chi connectivity index (χ3n) is 7.31. The molecule has 0 aliphatic rings. The quantitative estimate of drug-likeness (QED) is 0.166. The van der Waals surface area contributed by atoms with E-state index < -0.39 is 0 Å². The maximum atomic E-state index is 4.49. The van der Waals surface area contributed by atoms with Crippen LogP contribution in [0.3, 0.4) is 0 Å². The third kappa shape index (κ3) is 8.75. The number of rotatable bonds is 3. The fourth-order valence-corrected chi connectivity index (χ4v) is 6.06. The zero-order chi connectivity index (χ0) is 31.7. The number of hydrogen-bond donors (Lipinski definition) is 0. The van der Waals surface area contributed by atoms with Gasteiger partial charge in [0.15, 0.2) is 0 Å². The van der Waals surface area contributed by atoms with Crippen LogP contribution >= 0.6 is 11.3 Å². The second kappa shape index (κ2) is 16.2. The Morgan fingerprint density at radius 3 is 1.98 bits per heavy atom. The van der Waals surface area contributed by atoms with Gasteiger partial charge < -0.3 is 9.97 Å². The van der Waals surface area contributed by atoms with Crippen LogP contribution in [0.2, 0.25) is 0 Å². The summed E-state index contributed by atoms with van der Waals surface area (Å²) in [6, 6.07) is 57.9. The fourth-order valence-electron chi connectivity index (χ4n) is 4.99. The molecule has 2 nitrogen and oxygen atoms in total. The Hall–Kier alpha value is -4.73. The van der Waals surface area contributed by atoms with Gasteiger partial charge in [0.2, 0.25) is 0 Å². The molecule has 47 heavy (non-hydrogen) atoms. The Bertz CT molecular complexity index is 2090. The van der Waals surface area contributed by atoms with Crippen LogP contribution in [-0.2, 0) is 20.1 Å². The molecule has 233 valence electrons. The molecule has 0 amide bonds. The van der Waals surface area contributed by atoms with Crippen LogP contribution < -0.4 is 0 Å². The zero-order valence-electron chi connectivity index (χ0n) is 26.4. The van der Waals surface area contributed by atoms with Crippen LogP contribution in [0.5, 0.6) is 0 Å². The summed E-state index contributed by atoms with van der Waals surface area (Å²) in [7, 11) is 0. The summed E-state index contributed by atoms with van der Waals surface area (Å²) >= 11 is 1.82. The van der Waals surface area contributed by atoms with Gasteiger partial charge in [-0.05, 0) is 53.0 Å². The van der Waals surface area contributed by atoms with E-state index in [4.69, 9.17) is 0 Å². The Balaban J connectivity index is 0.000000142. The average molecular weight is 801 g/mol. The number of benzene rings is 5. The van der Waals surface area contributed by atoms with E-state index in [9.17, 15) is 0 Å². The number of fused-ring (bicyclic) bond motifs is 3. The molecule has 1 radical (unpaired) electrons. The van der Waals surface area contributed by atoms with Gasteiger partial charge in [-0.15, -0.1) is 77.4 Å². The summed E-state index contributed by atoms with van der Waals surface area (Å²) in [5.74, 6) is 0. The first kappa shape index (κ1) is 33.6. The summed E-state index contributed by atoms with van der Waals surface area (Å²) in [4.78, 5) is 8.90. The Morgan fingerprint density at radius 2 is 1.28 bits per heavy atom. The van der Waals surface area contributed by atoms with Gasteiger partial charge in [-0.3, -0.25) is 0 Å². The third-order valence-corrected chi connectivity index (χ3v) is 8.44. The van der Waals surface area contributed by atoms with E-state index in [0.29, 0.717) is 0 Å². The first-order chi connectivity index (χ1) is 22.5. The van der Waals surface area contributed by atoms with E-state index >= 15 is 0 Å². The summed E-state index contributed by atoms with van der Waals surface area (Å²) in [6.07, 6.45) is 1.90. The van der Waals surface area contributed by atoms with E-state index in [1.807, 2.05) is 110 Å². The molecule has 3 aromatic heterocycles. The molecule has 4 heteroatoms. The number of pyridine rings is 2. The maximum absolute atomic E-state index is 4.49. The Labute approximate surface area is 295 Å². The van der Waals surface area contributed by atoms with E-state index in [1.165, 1.54) is 25.7 Å². The number of nitrogens with zero attached hydrogens (tertiary/aromatic N) is 2. The predicted molar refractivity (Wildman–Crippen MR) is 194 cm³/mol. The molecule has 0 bridgehead atoms. The summed E-state index contributed by atoms with van der Waals surface area (Å²) in [5.41, 5.74) is 9.66. The van der Waals surface area contributed by atoms with Crippen molar-refractivity contribution in [2.24, 2.45) is 0 Å². The minimum atomic E-state index is 0. The molecule has 0 unspecified atom stereocenters. The van der Waals surface area contributed by atoms with Crippen molar-refractivity contribution in [3.05, 3.63) is 181 Å². The standard InChI is InChI=1S/C18H12NS.C13H10.C12H10N.Ir/c1-12-6-8-16(19-11-12)13-7-9-18-15(10-13)14-4-2-3-5-17(14)20-18;1-11-6-5-9-13(10-11)12-7-3-2-4-8-12;1-10-6-5-9-12(13-10)11-7-3-2-4-8-11;/h2-6,8-11H,1H3;2*2-7,9H,1H3;/q-1;-2;-1;. The van der Waals surface area contributed by atoms with Crippen molar-refractivity contribution in [3.63, 3.8) is 0 Å². The van der Waals surface area contributed by atoms with Gasteiger partial charge >= 0.3 is 0 Å². The summed E-state index contributed by atoms with van der Waals surface area (Å²) in [5, 5.41) is 2.61. The van der Waals surface area contributed by atoms with Gasteiger partial charge in [0.25, 0.3) is 0 Å². The van der Waals surface area contributed by atoms with Crippen LogP contribution in [0.15, 0.2) is 140 Å². The largest absolute Gasteiger partial charge is 0.304 e. The van der Waals surface area contributed by atoms with Crippen LogP contribution in [0.4, 0.5) is 0 Å². The average Bonchev–Trinajstić information content (AvgIpc) is 3.48.